The highest BCUT2D eigenvalue weighted by Gasteiger charge is 2.55. The Morgan fingerprint density at radius 2 is 2.06 bits per heavy atom. The maximum Gasteiger partial charge on any atom is 0.0920 e. The quantitative estimate of drug-likeness (QED) is 0.512. The van der Waals surface area contributed by atoms with Gasteiger partial charge in [-0.15, -0.1) is 0 Å². The van der Waals surface area contributed by atoms with Gasteiger partial charge in [0.1, 0.15) is 0 Å². The van der Waals surface area contributed by atoms with E-state index < -0.39 is 0 Å². The van der Waals surface area contributed by atoms with Gasteiger partial charge < -0.3 is 4.74 Å². The first-order chi connectivity index (χ1) is 7.51. The van der Waals surface area contributed by atoms with Crippen molar-refractivity contribution in [1.82, 2.24) is 0 Å². The standard InChI is InChI=1S/C15H24O/c1-11(2)6-5-7-12(3)13-8-9-15(4)14(10-13)16-15/h6-7,13-14H,5,8-10H2,1-4H3/b12-7-/t13-,14+,15-/m1/s1. The van der Waals surface area contributed by atoms with Crippen molar-refractivity contribution in [3.8, 4) is 0 Å². The van der Waals surface area contributed by atoms with Crippen molar-refractivity contribution < 1.29 is 4.74 Å². The number of fused-ring (bicyclic) bond motifs is 1. The lowest BCUT2D eigenvalue weighted by molar-refractivity contribution is 0.303. The summed E-state index contributed by atoms with van der Waals surface area (Å²) in [7, 11) is 0. The molecule has 1 saturated heterocycles. The van der Waals surface area contributed by atoms with Crippen LogP contribution < -0.4 is 0 Å². The van der Waals surface area contributed by atoms with Gasteiger partial charge >= 0.3 is 0 Å². The summed E-state index contributed by atoms with van der Waals surface area (Å²) in [5.41, 5.74) is 3.23. The lowest BCUT2D eigenvalue weighted by Crippen LogP contribution is -2.21. The maximum atomic E-state index is 5.75. The van der Waals surface area contributed by atoms with E-state index in [1.54, 1.807) is 5.57 Å². The van der Waals surface area contributed by atoms with Gasteiger partial charge in [0.15, 0.2) is 0 Å². The van der Waals surface area contributed by atoms with Crippen molar-refractivity contribution in [2.75, 3.05) is 0 Å². The molecule has 0 aromatic rings. The van der Waals surface area contributed by atoms with Crippen LogP contribution in [-0.2, 0) is 4.74 Å². The molecule has 0 unspecified atom stereocenters. The molecule has 0 aromatic carbocycles. The van der Waals surface area contributed by atoms with Crippen LogP contribution in [0, 0.1) is 5.92 Å². The smallest absolute Gasteiger partial charge is 0.0920 e. The first kappa shape index (κ1) is 11.9. The number of hydrogen-bond acceptors (Lipinski definition) is 1. The molecule has 2 aliphatic rings. The van der Waals surface area contributed by atoms with E-state index in [0.29, 0.717) is 6.10 Å². The molecule has 0 spiro atoms. The fraction of sp³-hybridized carbons (Fsp3) is 0.733. The average Bonchev–Trinajstić information content (AvgIpc) is 2.87. The first-order valence-electron chi connectivity index (χ1n) is 6.49. The molecule has 1 heteroatoms. The van der Waals surface area contributed by atoms with Crippen LogP contribution >= 0.6 is 0 Å². The van der Waals surface area contributed by atoms with E-state index in [0.717, 1.165) is 12.3 Å². The van der Waals surface area contributed by atoms with Crippen molar-refractivity contribution in [2.24, 2.45) is 5.92 Å². The lowest BCUT2D eigenvalue weighted by Gasteiger charge is -2.23. The highest BCUT2D eigenvalue weighted by atomic mass is 16.6. The van der Waals surface area contributed by atoms with Crippen molar-refractivity contribution in [3.63, 3.8) is 0 Å². The highest BCUT2D eigenvalue weighted by Crippen LogP contribution is 2.50. The van der Waals surface area contributed by atoms with Gasteiger partial charge in [-0.2, -0.15) is 0 Å². The summed E-state index contributed by atoms with van der Waals surface area (Å²) < 4.78 is 5.75. The molecule has 1 aliphatic carbocycles. The summed E-state index contributed by atoms with van der Waals surface area (Å²) in [6, 6.07) is 0. The maximum absolute atomic E-state index is 5.75. The van der Waals surface area contributed by atoms with Crippen LogP contribution in [-0.4, -0.2) is 11.7 Å². The van der Waals surface area contributed by atoms with Gasteiger partial charge in [-0.1, -0.05) is 23.3 Å². The molecule has 0 radical (unpaired) electrons. The molecule has 2 rings (SSSR count). The topological polar surface area (TPSA) is 12.5 Å². The van der Waals surface area contributed by atoms with Crippen LogP contribution in [0.1, 0.15) is 53.4 Å². The molecule has 1 heterocycles. The zero-order valence-corrected chi connectivity index (χ0v) is 11.0. The molecular formula is C15H24O. The van der Waals surface area contributed by atoms with Gasteiger partial charge in [0.2, 0.25) is 0 Å². The molecule has 1 aliphatic heterocycles. The Hall–Kier alpha value is -0.560. The minimum Gasteiger partial charge on any atom is -0.366 e. The molecule has 2 fully saturated rings. The van der Waals surface area contributed by atoms with E-state index in [2.05, 4.69) is 39.8 Å². The lowest BCUT2D eigenvalue weighted by atomic mass is 9.79. The van der Waals surface area contributed by atoms with Gasteiger partial charge in [0.05, 0.1) is 11.7 Å². The summed E-state index contributed by atoms with van der Waals surface area (Å²) in [6.07, 6.45) is 10.1. The van der Waals surface area contributed by atoms with Crippen molar-refractivity contribution >= 4 is 0 Å². The normalized spacial score (nSPS) is 37.9. The third-order valence-corrected chi connectivity index (χ3v) is 4.13. The number of hydrogen-bond donors (Lipinski definition) is 0. The average molecular weight is 220 g/mol. The van der Waals surface area contributed by atoms with Crippen LogP contribution in [0.5, 0.6) is 0 Å². The predicted molar refractivity (Wildman–Crippen MR) is 68.4 cm³/mol. The second-order valence-electron chi connectivity index (χ2n) is 5.86. The van der Waals surface area contributed by atoms with E-state index in [1.807, 2.05) is 0 Å². The summed E-state index contributed by atoms with van der Waals surface area (Å²) in [6.45, 7) is 8.87. The van der Waals surface area contributed by atoms with Crippen LogP contribution in [0.25, 0.3) is 0 Å². The third kappa shape index (κ3) is 2.57. The van der Waals surface area contributed by atoms with E-state index in [9.17, 15) is 0 Å². The van der Waals surface area contributed by atoms with Crippen molar-refractivity contribution in [1.29, 1.82) is 0 Å². The number of allylic oxidation sites excluding steroid dienone is 4. The molecule has 3 atom stereocenters. The summed E-state index contributed by atoms with van der Waals surface area (Å²) in [4.78, 5) is 0. The zero-order valence-electron chi connectivity index (χ0n) is 11.0. The molecule has 0 N–H and O–H groups in total. The van der Waals surface area contributed by atoms with Crippen LogP contribution in [0.2, 0.25) is 0 Å². The minimum absolute atomic E-state index is 0.261. The van der Waals surface area contributed by atoms with Gasteiger partial charge in [-0.3, -0.25) is 0 Å². The van der Waals surface area contributed by atoms with Crippen LogP contribution in [0.4, 0.5) is 0 Å². The molecule has 16 heavy (non-hydrogen) atoms. The molecule has 1 nitrogen and oxygen atoms in total. The Morgan fingerprint density at radius 1 is 1.31 bits per heavy atom. The molecule has 90 valence electrons. The fourth-order valence-electron chi connectivity index (χ4n) is 2.71. The highest BCUT2D eigenvalue weighted by molar-refractivity contribution is 5.14. The SMILES string of the molecule is CC(C)=CC/C=C(/C)[C@@H]1CC[C@@]2(C)O[C@H]2C1. The van der Waals surface area contributed by atoms with Crippen molar-refractivity contribution in [2.45, 2.75) is 65.1 Å². The molecule has 0 aromatic heterocycles. The Bertz CT molecular complexity index is 322. The second-order valence-corrected chi connectivity index (χ2v) is 5.86. The Balaban J connectivity index is 1.86. The monoisotopic (exact) mass is 220 g/mol. The van der Waals surface area contributed by atoms with Crippen LogP contribution in [0.15, 0.2) is 23.3 Å². The van der Waals surface area contributed by atoms with E-state index in [4.69, 9.17) is 4.74 Å². The zero-order chi connectivity index (χ0) is 11.8. The third-order valence-electron chi connectivity index (χ3n) is 4.13. The summed E-state index contributed by atoms with van der Waals surface area (Å²) in [5.74, 6) is 0.770. The fourth-order valence-corrected chi connectivity index (χ4v) is 2.71. The Labute approximate surface area is 99.6 Å². The predicted octanol–water partition coefficient (Wildman–Crippen LogP) is 4.25. The second kappa shape index (κ2) is 4.37. The van der Waals surface area contributed by atoms with Gasteiger partial charge in [0, 0.05) is 0 Å². The van der Waals surface area contributed by atoms with E-state index in [-0.39, 0.29) is 5.60 Å². The molecule has 1 saturated carbocycles. The molecule has 0 bridgehead atoms. The number of ether oxygens (including phenoxy) is 1. The Kier molecular flexibility index (Phi) is 3.25. The van der Waals surface area contributed by atoms with Crippen molar-refractivity contribution in [3.05, 3.63) is 23.3 Å². The van der Waals surface area contributed by atoms with E-state index in [1.165, 1.54) is 24.8 Å². The Morgan fingerprint density at radius 3 is 2.69 bits per heavy atom. The van der Waals surface area contributed by atoms with Gasteiger partial charge in [-0.05, 0) is 59.3 Å². The summed E-state index contributed by atoms with van der Waals surface area (Å²) in [5, 5.41) is 0. The minimum atomic E-state index is 0.261. The number of epoxide rings is 1. The first-order valence-corrected chi connectivity index (χ1v) is 6.49. The summed E-state index contributed by atoms with van der Waals surface area (Å²) >= 11 is 0. The van der Waals surface area contributed by atoms with Gasteiger partial charge in [-0.25, -0.2) is 0 Å². The molecule has 0 amide bonds. The van der Waals surface area contributed by atoms with Crippen LogP contribution in [0.3, 0.4) is 0 Å². The number of rotatable bonds is 3. The molecular weight excluding hydrogens is 196 g/mol. The largest absolute Gasteiger partial charge is 0.366 e. The van der Waals surface area contributed by atoms with E-state index >= 15 is 0 Å². The van der Waals surface area contributed by atoms with Gasteiger partial charge in [0.25, 0.3) is 0 Å².